The normalized spacial score (nSPS) is 11.4. The lowest BCUT2D eigenvalue weighted by molar-refractivity contribution is -0.113. The molecule has 0 saturated carbocycles. The molecule has 0 aliphatic carbocycles. The number of hydrogen-bond donors (Lipinski definition) is 2. The van der Waals surface area contributed by atoms with Crippen molar-refractivity contribution < 1.29 is 13.9 Å². The minimum Gasteiger partial charge on any atom is -0.444 e. The summed E-state index contributed by atoms with van der Waals surface area (Å²) in [5, 5.41) is 10.8. The number of aromatic nitrogens is 4. The lowest BCUT2D eigenvalue weighted by atomic mass is 10.2. The van der Waals surface area contributed by atoms with E-state index in [0.29, 0.717) is 59.1 Å². The van der Waals surface area contributed by atoms with Crippen molar-refractivity contribution in [3.05, 3.63) is 56.4 Å². The van der Waals surface area contributed by atoms with Gasteiger partial charge in [-0.1, -0.05) is 23.9 Å². The number of carbonyl (C=O) groups excluding carboxylic acids is 1. The topological polar surface area (TPSA) is 132 Å². The number of fused-ring (bicyclic) bond motifs is 2. The fourth-order valence-electron chi connectivity index (χ4n) is 3.75. The maximum atomic E-state index is 13.1. The third kappa shape index (κ3) is 4.75. The number of thioether (sulfide) groups is 1. The lowest BCUT2D eigenvalue weighted by Gasteiger charge is -2.13. The second-order valence-electron chi connectivity index (χ2n) is 7.63. The highest BCUT2D eigenvalue weighted by Gasteiger charge is 2.19. The minimum absolute atomic E-state index is 0.0283. The number of nitrogens with zero attached hydrogens (tertiary/aromatic N) is 3. The molecule has 4 aromatic rings. The molecular formula is C23H25N5O5S. The monoisotopic (exact) mass is 483 g/mol. The molecule has 0 atom stereocenters. The Bertz CT molecular complexity index is 1470. The van der Waals surface area contributed by atoms with Crippen LogP contribution in [0.15, 0.2) is 43.4 Å². The van der Waals surface area contributed by atoms with Crippen molar-refractivity contribution in [3.8, 4) is 0 Å². The fourth-order valence-corrected chi connectivity index (χ4v) is 4.57. The van der Waals surface area contributed by atoms with E-state index in [1.165, 1.54) is 0 Å². The Balaban J connectivity index is 1.57. The van der Waals surface area contributed by atoms with Gasteiger partial charge in [0, 0.05) is 19.8 Å². The number of amides is 1. The van der Waals surface area contributed by atoms with E-state index < -0.39 is 11.5 Å². The van der Waals surface area contributed by atoms with Gasteiger partial charge in [0.05, 0.1) is 27.7 Å². The molecule has 3 heterocycles. The van der Waals surface area contributed by atoms with Crippen LogP contribution in [0, 0.1) is 13.8 Å². The van der Waals surface area contributed by atoms with E-state index in [1.807, 2.05) is 13.0 Å². The molecule has 0 radical (unpaired) electrons. The summed E-state index contributed by atoms with van der Waals surface area (Å²) in [7, 11) is 0. The number of furan rings is 1. The van der Waals surface area contributed by atoms with Gasteiger partial charge in [-0.25, -0.2) is 10.1 Å². The Kier molecular flexibility index (Phi) is 7.13. The summed E-state index contributed by atoms with van der Waals surface area (Å²) in [4.78, 5) is 42.7. The summed E-state index contributed by atoms with van der Waals surface area (Å²) in [5.74, 6) is 0.149. The average Bonchev–Trinajstić information content (AvgIpc) is 3.16. The molecule has 1 aromatic carbocycles. The number of anilines is 1. The molecule has 0 bridgehead atoms. The molecule has 34 heavy (non-hydrogen) atoms. The first-order valence-corrected chi connectivity index (χ1v) is 11.9. The van der Waals surface area contributed by atoms with Gasteiger partial charge >= 0.3 is 0 Å². The molecule has 0 aliphatic rings. The van der Waals surface area contributed by atoms with Crippen LogP contribution in [-0.2, 0) is 16.1 Å². The predicted octanol–water partition coefficient (Wildman–Crippen LogP) is 3.00. The maximum absolute atomic E-state index is 13.1. The largest absolute Gasteiger partial charge is 0.444 e. The summed E-state index contributed by atoms with van der Waals surface area (Å²) in [5.41, 5.74) is 0.563. The number of H-pyrrole nitrogens is 1. The minimum atomic E-state index is -0.445. The van der Waals surface area contributed by atoms with E-state index >= 15 is 0 Å². The van der Waals surface area contributed by atoms with Crippen LogP contribution in [0.4, 0.5) is 5.88 Å². The Hall–Kier alpha value is -3.44. The Morgan fingerprint density at radius 3 is 2.82 bits per heavy atom. The van der Waals surface area contributed by atoms with Gasteiger partial charge in [0.25, 0.3) is 11.1 Å². The second-order valence-corrected chi connectivity index (χ2v) is 8.57. The van der Waals surface area contributed by atoms with Crippen molar-refractivity contribution in [3.63, 3.8) is 0 Å². The van der Waals surface area contributed by atoms with E-state index in [2.05, 4.69) is 20.5 Å². The van der Waals surface area contributed by atoms with Crippen LogP contribution in [0.25, 0.3) is 21.7 Å². The zero-order chi connectivity index (χ0) is 24.2. The summed E-state index contributed by atoms with van der Waals surface area (Å²) in [6, 6.07) is 7.12. The van der Waals surface area contributed by atoms with Gasteiger partial charge in [-0.2, -0.15) is 5.10 Å². The number of hydrogen-bond acceptors (Lipinski definition) is 8. The van der Waals surface area contributed by atoms with Crippen molar-refractivity contribution in [1.29, 1.82) is 0 Å². The number of nitrogens with one attached hydrogen (secondary N) is 2. The van der Waals surface area contributed by atoms with Gasteiger partial charge in [-0.15, -0.1) is 0 Å². The Morgan fingerprint density at radius 1 is 1.24 bits per heavy atom. The number of ether oxygens (including phenoxy) is 1. The predicted molar refractivity (Wildman–Crippen MR) is 131 cm³/mol. The van der Waals surface area contributed by atoms with Crippen LogP contribution in [0.1, 0.15) is 24.8 Å². The summed E-state index contributed by atoms with van der Waals surface area (Å²) in [6.07, 6.45) is 0.640. The van der Waals surface area contributed by atoms with Crippen molar-refractivity contribution in [2.75, 3.05) is 24.3 Å². The quantitative estimate of drug-likeness (QED) is 0.211. The van der Waals surface area contributed by atoms with Crippen molar-refractivity contribution in [2.45, 2.75) is 38.9 Å². The van der Waals surface area contributed by atoms with Crippen LogP contribution >= 0.6 is 11.8 Å². The van der Waals surface area contributed by atoms with Crippen LogP contribution < -0.4 is 16.4 Å². The molecule has 3 aromatic heterocycles. The summed E-state index contributed by atoms with van der Waals surface area (Å²) < 4.78 is 12.6. The zero-order valence-electron chi connectivity index (χ0n) is 19.1. The standard InChI is InChI=1S/C23H25N5O5S/c1-4-32-11-7-10-28-22(31)15-8-5-6-9-16(15)24-23(28)34-12-17(29)25-21-19-18(14(3)33-21)13(2)26-27-20(19)30/h5-6,8-9H,4,7,10-12H2,1-3H3,(H,25,29)(H,27,30). The summed E-state index contributed by atoms with van der Waals surface area (Å²) in [6.45, 7) is 6.92. The summed E-state index contributed by atoms with van der Waals surface area (Å²) >= 11 is 1.15. The molecule has 2 N–H and O–H groups in total. The van der Waals surface area contributed by atoms with Crippen molar-refractivity contribution in [2.24, 2.45) is 0 Å². The van der Waals surface area contributed by atoms with Gasteiger partial charge in [-0.3, -0.25) is 24.3 Å². The number of carbonyl (C=O) groups is 1. The average molecular weight is 484 g/mol. The molecule has 0 aliphatic heterocycles. The van der Waals surface area contributed by atoms with Crippen LogP contribution in [0.5, 0.6) is 0 Å². The van der Waals surface area contributed by atoms with Gasteiger partial charge in [0.2, 0.25) is 11.8 Å². The first-order valence-electron chi connectivity index (χ1n) is 10.9. The molecule has 11 heteroatoms. The van der Waals surface area contributed by atoms with Crippen molar-refractivity contribution in [1.82, 2.24) is 19.7 Å². The highest BCUT2D eigenvalue weighted by molar-refractivity contribution is 7.99. The molecular weight excluding hydrogens is 458 g/mol. The number of aromatic amines is 1. The number of para-hydroxylation sites is 1. The van der Waals surface area contributed by atoms with Gasteiger partial charge in [0.15, 0.2) is 5.16 Å². The third-order valence-corrected chi connectivity index (χ3v) is 6.26. The molecule has 178 valence electrons. The van der Waals surface area contributed by atoms with Gasteiger partial charge in [-0.05, 0) is 39.3 Å². The first kappa shape index (κ1) is 23.7. The number of benzene rings is 1. The highest BCUT2D eigenvalue weighted by atomic mass is 32.2. The zero-order valence-corrected chi connectivity index (χ0v) is 20.0. The van der Waals surface area contributed by atoms with Gasteiger partial charge < -0.3 is 9.15 Å². The molecule has 1 amide bonds. The van der Waals surface area contributed by atoms with Gasteiger partial charge in [0.1, 0.15) is 11.1 Å². The van der Waals surface area contributed by atoms with E-state index in [1.54, 1.807) is 36.6 Å². The Morgan fingerprint density at radius 2 is 2.03 bits per heavy atom. The molecule has 10 nitrogen and oxygen atoms in total. The molecule has 4 rings (SSSR count). The van der Waals surface area contributed by atoms with E-state index in [-0.39, 0.29) is 22.6 Å². The van der Waals surface area contributed by atoms with Crippen LogP contribution in [0.2, 0.25) is 0 Å². The van der Waals surface area contributed by atoms with Crippen LogP contribution in [-0.4, -0.2) is 44.6 Å². The first-order chi connectivity index (χ1) is 16.4. The number of rotatable bonds is 9. The van der Waals surface area contributed by atoms with E-state index in [4.69, 9.17) is 9.15 Å². The molecule has 0 unspecified atom stereocenters. The fraction of sp³-hybridized carbons (Fsp3) is 0.348. The SMILES string of the molecule is CCOCCCn1c(SCC(=O)Nc2oc(C)c3c(C)n[nH]c(=O)c23)nc2ccccc2c1=O. The maximum Gasteiger partial charge on any atom is 0.277 e. The van der Waals surface area contributed by atoms with E-state index in [0.717, 1.165) is 11.8 Å². The third-order valence-electron chi connectivity index (χ3n) is 5.28. The Labute approximate surface area is 198 Å². The molecule has 0 fully saturated rings. The smallest absolute Gasteiger partial charge is 0.277 e. The lowest BCUT2D eigenvalue weighted by Crippen LogP contribution is -2.25. The van der Waals surface area contributed by atoms with Crippen molar-refractivity contribution >= 4 is 45.2 Å². The van der Waals surface area contributed by atoms with E-state index in [9.17, 15) is 14.4 Å². The molecule has 0 saturated heterocycles. The second kappa shape index (κ2) is 10.2. The molecule has 0 spiro atoms. The number of aryl methyl sites for hydroxylation is 2. The van der Waals surface area contributed by atoms with Crippen LogP contribution in [0.3, 0.4) is 0 Å². The highest BCUT2D eigenvalue weighted by Crippen LogP contribution is 2.28.